The van der Waals surface area contributed by atoms with Crippen molar-refractivity contribution in [1.82, 2.24) is 53.2 Å². The number of carbonyl (C=O) groups is 10. The number of unbranched alkanes of at least 4 members (excludes halogenated alkanes) is 5. The maximum Gasteiger partial charge on any atom is 0.412 e. The molecule has 11 bridgehead atoms. The molecule has 16 N–H and O–H groups in total. The standard InChI is InChI=1S/C65H74Cl2N10O19/c1-6-8-9-10-11-12-19-70-64(92)72-47(81)28-40-58(85)73-50-33-24-45(94-43-17-14-31(22-37(43)66)54(82)52(61(88)71-40)76-57(84)39(68-5)20-29(3)4)56(96-65(93)69-7-2)46(25-33)95-44-18-15-32(23-38(44)67)55(83)53-62(89)75-51(63(90)91)36-26-34(78)27-42(80)48(36)35-21-30(13-16-41(35)79)49(59(86)77-53)74-60(50)87/h13-18,21-27,29,39-40,49-55,68,78-80,82-83H,6-12,19-20,28H2,1-5H3,(H,69,93)(H,71,88)(H,73,85)(H,74,87)(H,75,89)(H,76,84)(H,77,86)(H,90,91)(H2,70,72,81,92)/t39-,40?,49-,50?,51?,52?,53+,54-,55-/m1/s1. The van der Waals surface area contributed by atoms with E-state index in [4.69, 9.17) is 37.4 Å². The zero-order valence-electron chi connectivity index (χ0n) is 52.6. The van der Waals surface area contributed by atoms with Crippen molar-refractivity contribution >= 4 is 82.6 Å². The Labute approximate surface area is 559 Å². The number of carboxylic acids is 1. The average molecular weight is 1370 g/mol. The Morgan fingerprint density at radius 2 is 1.24 bits per heavy atom. The highest BCUT2D eigenvalue weighted by Gasteiger charge is 2.42. The van der Waals surface area contributed by atoms with Crippen LogP contribution in [0.4, 0.5) is 9.59 Å². The number of imide groups is 1. The molecule has 0 saturated carbocycles. The Bertz CT molecular complexity index is 3840. The first-order chi connectivity index (χ1) is 45.7. The van der Waals surface area contributed by atoms with Crippen molar-refractivity contribution in [3.63, 3.8) is 0 Å². The van der Waals surface area contributed by atoms with E-state index in [1.165, 1.54) is 25.2 Å². The van der Waals surface area contributed by atoms with Crippen LogP contribution in [0.5, 0.6) is 46.0 Å². The Hall–Kier alpha value is -9.94. The van der Waals surface area contributed by atoms with Gasteiger partial charge >= 0.3 is 18.1 Å². The lowest BCUT2D eigenvalue weighted by Crippen LogP contribution is -2.59. The van der Waals surface area contributed by atoms with Crippen molar-refractivity contribution in [2.45, 2.75) is 134 Å². The first-order valence-corrected chi connectivity index (χ1v) is 31.6. The number of phenolic OH excluding ortho intramolecular Hbond substituents is 3. The zero-order valence-corrected chi connectivity index (χ0v) is 54.1. The number of likely N-dealkylation sites (N-methyl/N-ethyl adjacent to an activating group) is 1. The van der Waals surface area contributed by atoms with Crippen molar-refractivity contribution < 1.29 is 92.8 Å². The number of aliphatic carboxylic acids is 1. The number of fused-ring (bicyclic) bond motifs is 15. The van der Waals surface area contributed by atoms with Gasteiger partial charge in [0.2, 0.25) is 47.1 Å². The van der Waals surface area contributed by atoms with Gasteiger partial charge in [0.05, 0.1) is 22.5 Å². The second kappa shape index (κ2) is 32.0. The van der Waals surface area contributed by atoms with E-state index in [1.54, 1.807) is 6.92 Å². The summed E-state index contributed by atoms with van der Waals surface area (Å²) in [6.45, 7) is 7.44. The van der Waals surface area contributed by atoms with Gasteiger partial charge in [-0.1, -0.05) is 94.3 Å². The summed E-state index contributed by atoms with van der Waals surface area (Å²) in [7, 11) is 1.49. The van der Waals surface area contributed by atoms with E-state index in [2.05, 4.69) is 60.1 Å². The van der Waals surface area contributed by atoms with Crippen LogP contribution in [0.1, 0.15) is 137 Å². The zero-order chi connectivity index (χ0) is 69.8. The van der Waals surface area contributed by atoms with Gasteiger partial charge in [-0.15, -0.1) is 0 Å². The van der Waals surface area contributed by atoms with E-state index in [1.807, 2.05) is 13.8 Å². The highest BCUT2D eigenvalue weighted by molar-refractivity contribution is 6.32. The molecular formula is C65H74Cl2N10O19. The second-order valence-electron chi connectivity index (χ2n) is 23.4. The first kappa shape index (κ1) is 71.9. The van der Waals surface area contributed by atoms with Gasteiger partial charge < -0.3 is 92.7 Å². The largest absolute Gasteiger partial charge is 0.508 e. The maximum atomic E-state index is 15.9. The third kappa shape index (κ3) is 17.3. The maximum absolute atomic E-state index is 15.9. The number of hydrogen-bond acceptors (Lipinski definition) is 19. The quantitative estimate of drug-likeness (QED) is 0.0511. The van der Waals surface area contributed by atoms with Gasteiger partial charge in [-0.25, -0.2) is 14.4 Å². The molecule has 10 amide bonds. The van der Waals surface area contributed by atoms with E-state index in [9.17, 15) is 59.4 Å². The molecule has 29 nitrogen and oxygen atoms in total. The number of ether oxygens (including phenoxy) is 3. The molecule has 5 aliphatic heterocycles. The minimum Gasteiger partial charge on any atom is -0.508 e. The Morgan fingerprint density at radius 3 is 1.85 bits per heavy atom. The topological polar surface area (TPSA) is 440 Å². The van der Waals surface area contributed by atoms with Crippen LogP contribution in [0, 0.1) is 5.92 Å². The molecule has 5 aliphatic rings. The van der Waals surface area contributed by atoms with Gasteiger partial charge in [-0.3, -0.25) is 38.9 Å². The number of hydrogen-bond donors (Lipinski definition) is 16. The summed E-state index contributed by atoms with van der Waals surface area (Å²) in [5, 5.41) is 92.8. The summed E-state index contributed by atoms with van der Waals surface area (Å²) in [6.07, 6.45) is -0.990. The predicted molar refractivity (Wildman–Crippen MR) is 344 cm³/mol. The number of amides is 10. The number of phenols is 3. The number of halogens is 2. The Kier molecular flexibility index (Phi) is 24.0. The van der Waals surface area contributed by atoms with E-state index in [0.29, 0.717) is 6.42 Å². The minimum absolute atomic E-state index is 0.00169. The van der Waals surface area contributed by atoms with Crippen LogP contribution in [-0.4, -0.2) is 134 Å². The third-order valence-corrected chi connectivity index (χ3v) is 16.5. The number of carbonyl (C=O) groups excluding carboxylic acids is 9. The summed E-state index contributed by atoms with van der Waals surface area (Å²) in [6, 6.07) is -1.10. The summed E-state index contributed by atoms with van der Waals surface area (Å²) in [5.41, 5.74) is -2.57. The molecule has 0 radical (unpaired) electrons. The lowest BCUT2D eigenvalue weighted by atomic mass is 9.89. The van der Waals surface area contributed by atoms with Crippen molar-refractivity contribution in [3.8, 4) is 57.1 Å². The number of benzene rings is 5. The summed E-state index contributed by atoms with van der Waals surface area (Å²) in [4.78, 5) is 145. The summed E-state index contributed by atoms with van der Waals surface area (Å²) >= 11 is 13.9. The van der Waals surface area contributed by atoms with E-state index in [-0.39, 0.29) is 63.7 Å². The number of aliphatic hydroxyl groups excluding tert-OH is 2. The van der Waals surface area contributed by atoms with Crippen molar-refractivity contribution in [2.75, 3.05) is 20.1 Å². The van der Waals surface area contributed by atoms with E-state index < -0.39 is 177 Å². The first-order valence-electron chi connectivity index (χ1n) is 30.8. The van der Waals surface area contributed by atoms with Crippen LogP contribution in [-0.2, 0) is 38.4 Å². The molecule has 96 heavy (non-hydrogen) atoms. The van der Waals surface area contributed by atoms with Crippen molar-refractivity contribution in [2.24, 2.45) is 5.92 Å². The molecule has 0 saturated heterocycles. The number of carboxylic acid groups (broad SMARTS) is 1. The molecule has 4 unspecified atom stereocenters. The van der Waals surface area contributed by atoms with Crippen molar-refractivity contribution in [3.05, 3.63) is 117 Å². The van der Waals surface area contributed by atoms with Crippen molar-refractivity contribution in [1.29, 1.82) is 0 Å². The second-order valence-corrected chi connectivity index (χ2v) is 24.2. The van der Waals surface area contributed by atoms with E-state index in [0.717, 1.165) is 92.8 Å². The van der Waals surface area contributed by atoms with Gasteiger partial charge in [0.15, 0.2) is 17.5 Å². The van der Waals surface area contributed by atoms with Crippen LogP contribution in [0.2, 0.25) is 10.0 Å². The van der Waals surface area contributed by atoms with Crippen LogP contribution < -0.4 is 67.4 Å². The fourth-order valence-electron chi connectivity index (χ4n) is 11.0. The van der Waals surface area contributed by atoms with Crippen LogP contribution >= 0.6 is 23.2 Å². The molecule has 9 atom stereocenters. The Morgan fingerprint density at radius 1 is 0.635 bits per heavy atom. The number of rotatable bonds is 17. The lowest BCUT2D eigenvalue weighted by Gasteiger charge is -2.31. The van der Waals surface area contributed by atoms with Crippen LogP contribution in [0.15, 0.2) is 78.9 Å². The van der Waals surface area contributed by atoms with Crippen LogP contribution in [0.25, 0.3) is 11.1 Å². The van der Waals surface area contributed by atoms with Gasteiger partial charge in [-0.05, 0) is 110 Å². The number of aromatic hydroxyl groups is 3. The van der Waals surface area contributed by atoms with E-state index >= 15 is 19.2 Å². The fraction of sp³-hybridized carbons (Fsp3) is 0.385. The predicted octanol–water partition coefficient (Wildman–Crippen LogP) is 5.50. The lowest BCUT2D eigenvalue weighted by molar-refractivity contribution is -0.143. The van der Waals surface area contributed by atoms with Gasteiger partial charge in [0.1, 0.15) is 71.2 Å². The number of nitrogens with one attached hydrogen (secondary N) is 10. The average Bonchev–Trinajstić information content (AvgIpc) is 0.774. The molecule has 0 fully saturated rings. The minimum atomic E-state index is -2.28. The van der Waals surface area contributed by atoms with Crippen LogP contribution in [0.3, 0.4) is 0 Å². The molecule has 5 aromatic rings. The normalized spacial score (nSPS) is 20.5. The third-order valence-electron chi connectivity index (χ3n) is 15.9. The molecule has 5 aromatic carbocycles. The van der Waals surface area contributed by atoms with Gasteiger partial charge in [0, 0.05) is 35.8 Å². The molecule has 31 heteroatoms. The van der Waals surface area contributed by atoms with Gasteiger partial charge in [0.25, 0.3) is 0 Å². The molecule has 0 aromatic heterocycles. The Balaban J connectivity index is 1.37. The molecule has 512 valence electrons. The SMILES string of the molecule is CCCCCCCCNC(=O)NC(=O)CC1NC(=O)C(NC(=O)[C@@H](CC(C)C)NC)[C@H](O)c2ccc(c(Cl)c2)Oc2cc3cc(c2OC(=O)NCC)Oc2ccc(cc2Cl)[C@@H](O)[C@@H]2NC(=O)[C@H](NC(=O)C3NC1=O)c1ccc(O)c(c1)-c1c(O)cc(O)cc1C(C(=O)O)NC2=O. The van der Waals surface area contributed by atoms with Gasteiger partial charge in [-0.2, -0.15) is 0 Å². The number of aliphatic hydroxyl groups is 2. The molecule has 0 aliphatic carbocycles. The molecule has 0 spiro atoms. The fourth-order valence-corrected chi connectivity index (χ4v) is 11.5. The summed E-state index contributed by atoms with van der Waals surface area (Å²) in [5.74, 6) is -15.3. The number of urea groups is 1. The molecule has 5 heterocycles. The smallest absolute Gasteiger partial charge is 0.412 e. The highest BCUT2D eigenvalue weighted by atomic mass is 35.5. The monoisotopic (exact) mass is 1370 g/mol. The molecular weight excluding hydrogens is 1300 g/mol. The summed E-state index contributed by atoms with van der Waals surface area (Å²) < 4.78 is 18.7. The molecule has 10 rings (SSSR count). The highest BCUT2D eigenvalue weighted by Crippen LogP contribution is 2.48.